The van der Waals surface area contributed by atoms with Crippen molar-refractivity contribution in [1.29, 1.82) is 0 Å². The number of phenolic OH excluding ortho intramolecular Hbond substituents is 1. The van der Waals surface area contributed by atoms with Crippen LogP contribution in [0.4, 0.5) is 0 Å². The number of isocyanates is 1. The van der Waals surface area contributed by atoms with Crippen LogP contribution >= 0.6 is 0 Å². The average molecular weight is 219 g/mol. The van der Waals surface area contributed by atoms with Gasteiger partial charge in [-0.3, -0.25) is 0 Å². The number of nitrogens with zero attached hydrogens (tertiary/aromatic N) is 1. The summed E-state index contributed by atoms with van der Waals surface area (Å²) >= 11 is 0. The lowest BCUT2D eigenvalue weighted by molar-refractivity contribution is 0.370. The first-order valence-corrected chi connectivity index (χ1v) is 5.10. The fraction of sp³-hybridized carbons (Fsp3) is 0.417. The first kappa shape index (κ1) is 10.7. The molecule has 1 aromatic carbocycles. The first-order valence-electron chi connectivity index (χ1n) is 5.10. The summed E-state index contributed by atoms with van der Waals surface area (Å²) in [4.78, 5) is 14.2. The Balaban J connectivity index is 2.51. The molecule has 84 valence electrons. The van der Waals surface area contributed by atoms with Crippen molar-refractivity contribution in [1.82, 2.24) is 0 Å². The van der Waals surface area contributed by atoms with Gasteiger partial charge in [-0.1, -0.05) is 0 Å². The maximum atomic E-state index is 10.4. The van der Waals surface area contributed by atoms with E-state index in [0.29, 0.717) is 5.75 Å². The van der Waals surface area contributed by atoms with E-state index in [2.05, 4.69) is 4.99 Å². The normalized spacial score (nSPS) is 16.4. The zero-order valence-corrected chi connectivity index (χ0v) is 9.28. The van der Waals surface area contributed by atoms with Gasteiger partial charge in [-0.05, 0) is 43.0 Å². The molecular formula is C12H13NO3. The van der Waals surface area contributed by atoms with Crippen LogP contribution in [0.2, 0.25) is 0 Å². The summed E-state index contributed by atoms with van der Waals surface area (Å²) in [6.45, 7) is 1.79. The van der Waals surface area contributed by atoms with Gasteiger partial charge in [0.15, 0.2) is 11.5 Å². The predicted octanol–water partition coefficient (Wildman–Crippen LogP) is 2.03. The van der Waals surface area contributed by atoms with Crippen molar-refractivity contribution in [3.8, 4) is 11.5 Å². The number of carbonyl (C=O) groups excluding carboxylic acids is 1. The van der Waals surface area contributed by atoms with Gasteiger partial charge in [-0.25, -0.2) is 4.79 Å². The Morgan fingerprint density at radius 1 is 1.50 bits per heavy atom. The van der Waals surface area contributed by atoms with Gasteiger partial charge >= 0.3 is 0 Å². The number of phenols is 1. The predicted molar refractivity (Wildman–Crippen MR) is 58.4 cm³/mol. The molecule has 0 bridgehead atoms. The maximum Gasteiger partial charge on any atom is 0.235 e. The minimum Gasteiger partial charge on any atom is -0.504 e. The Hall–Kier alpha value is -1.80. The van der Waals surface area contributed by atoms with Crippen LogP contribution in [-0.2, 0) is 10.3 Å². The van der Waals surface area contributed by atoms with Crippen molar-refractivity contribution in [2.45, 2.75) is 25.3 Å². The third-order valence-corrected chi connectivity index (χ3v) is 3.01. The summed E-state index contributed by atoms with van der Waals surface area (Å²) in [5.74, 6) is 0.555. The maximum absolute atomic E-state index is 10.4. The molecule has 4 heteroatoms. The zero-order valence-electron chi connectivity index (χ0n) is 9.28. The summed E-state index contributed by atoms with van der Waals surface area (Å²) < 4.78 is 5.08. The highest BCUT2D eigenvalue weighted by molar-refractivity contribution is 5.52. The highest BCUT2D eigenvalue weighted by Gasteiger charge is 2.45. The number of aromatic hydroxyl groups is 1. The Morgan fingerprint density at radius 2 is 2.19 bits per heavy atom. The molecule has 1 fully saturated rings. The van der Waals surface area contributed by atoms with E-state index in [9.17, 15) is 9.90 Å². The van der Waals surface area contributed by atoms with E-state index in [1.54, 1.807) is 19.1 Å². The molecule has 4 nitrogen and oxygen atoms in total. The molecule has 1 aliphatic rings. The number of benzene rings is 1. The van der Waals surface area contributed by atoms with Crippen LogP contribution in [0, 0.1) is 6.92 Å². The molecule has 0 aliphatic heterocycles. The molecule has 0 radical (unpaired) electrons. The number of rotatable bonds is 3. The largest absolute Gasteiger partial charge is 0.504 e. The van der Waals surface area contributed by atoms with Crippen LogP contribution in [0.25, 0.3) is 0 Å². The second-order valence-electron chi connectivity index (χ2n) is 4.08. The number of methoxy groups -OCH3 is 1. The highest BCUT2D eigenvalue weighted by atomic mass is 16.5. The molecule has 2 rings (SSSR count). The molecule has 1 aliphatic carbocycles. The van der Waals surface area contributed by atoms with Crippen LogP contribution in [0.1, 0.15) is 24.0 Å². The van der Waals surface area contributed by atoms with Gasteiger partial charge in [-0.15, -0.1) is 0 Å². The van der Waals surface area contributed by atoms with Crippen molar-refractivity contribution in [3.05, 3.63) is 23.3 Å². The van der Waals surface area contributed by atoms with Crippen LogP contribution in [0.3, 0.4) is 0 Å². The molecule has 0 aromatic heterocycles. The quantitative estimate of drug-likeness (QED) is 0.625. The molecule has 0 amide bonds. The molecule has 16 heavy (non-hydrogen) atoms. The Morgan fingerprint density at radius 3 is 2.69 bits per heavy atom. The minimum atomic E-state index is -0.423. The van der Waals surface area contributed by atoms with Gasteiger partial charge in [0.05, 0.1) is 12.6 Å². The van der Waals surface area contributed by atoms with Crippen LogP contribution in [0.5, 0.6) is 11.5 Å². The lowest BCUT2D eigenvalue weighted by Crippen LogP contribution is -2.03. The monoisotopic (exact) mass is 219 g/mol. The lowest BCUT2D eigenvalue weighted by atomic mass is 10.0. The molecule has 0 unspecified atom stereocenters. The highest BCUT2D eigenvalue weighted by Crippen LogP contribution is 2.51. The van der Waals surface area contributed by atoms with Gasteiger partial charge in [-0.2, -0.15) is 4.99 Å². The standard InChI is InChI=1S/C12H13NO3/c1-8-5-9(6-10(16-2)11(8)15)12(3-4-12)13-7-14/h5-6,15H,3-4H2,1-2H3. The average Bonchev–Trinajstić information content (AvgIpc) is 3.03. The molecule has 0 spiro atoms. The van der Waals surface area contributed by atoms with Crippen LogP contribution < -0.4 is 4.74 Å². The topological polar surface area (TPSA) is 58.9 Å². The molecule has 1 aromatic rings. The van der Waals surface area contributed by atoms with E-state index in [4.69, 9.17) is 4.74 Å². The fourth-order valence-corrected chi connectivity index (χ4v) is 1.84. The Bertz CT molecular complexity index is 471. The van der Waals surface area contributed by atoms with Gasteiger partial charge in [0, 0.05) is 0 Å². The van der Waals surface area contributed by atoms with Gasteiger partial charge in [0.25, 0.3) is 0 Å². The van der Waals surface area contributed by atoms with E-state index < -0.39 is 5.54 Å². The summed E-state index contributed by atoms with van der Waals surface area (Å²) in [6.07, 6.45) is 3.30. The Labute approximate surface area is 93.6 Å². The summed E-state index contributed by atoms with van der Waals surface area (Å²) in [7, 11) is 1.50. The van der Waals surface area contributed by atoms with Crippen molar-refractivity contribution in [2.24, 2.45) is 4.99 Å². The molecule has 1 N–H and O–H groups in total. The van der Waals surface area contributed by atoms with Crippen LogP contribution in [-0.4, -0.2) is 18.3 Å². The third-order valence-electron chi connectivity index (χ3n) is 3.01. The smallest absolute Gasteiger partial charge is 0.235 e. The molecule has 0 saturated heterocycles. The van der Waals surface area contributed by atoms with Crippen molar-refractivity contribution >= 4 is 6.08 Å². The summed E-state index contributed by atoms with van der Waals surface area (Å²) in [5.41, 5.74) is 1.21. The number of aryl methyl sites for hydroxylation is 1. The molecule has 1 saturated carbocycles. The van der Waals surface area contributed by atoms with E-state index >= 15 is 0 Å². The Kier molecular flexibility index (Phi) is 2.44. The van der Waals surface area contributed by atoms with Crippen molar-refractivity contribution in [3.63, 3.8) is 0 Å². The second-order valence-corrected chi connectivity index (χ2v) is 4.08. The molecule has 0 heterocycles. The molecule has 0 atom stereocenters. The number of aliphatic imine (C=N–C) groups is 1. The minimum absolute atomic E-state index is 0.136. The van der Waals surface area contributed by atoms with Crippen molar-refractivity contribution < 1.29 is 14.6 Å². The number of hydrogen-bond acceptors (Lipinski definition) is 4. The number of ether oxygens (including phenoxy) is 1. The van der Waals surface area contributed by atoms with Crippen molar-refractivity contribution in [2.75, 3.05) is 7.11 Å². The number of hydrogen-bond donors (Lipinski definition) is 1. The SMILES string of the molecule is COc1cc(C2(N=C=O)CC2)cc(C)c1O. The first-order chi connectivity index (χ1) is 7.63. The van der Waals surface area contributed by atoms with E-state index in [1.165, 1.54) is 7.11 Å². The zero-order chi connectivity index (χ0) is 11.8. The van der Waals surface area contributed by atoms with Crippen LogP contribution in [0.15, 0.2) is 17.1 Å². The summed E-state index contributed by atoms with van der Waals surface area (Å²) in [5, 5.41) is 9.71. The summed E-state index contributed by atoms with van der Waals surface area (Å²) in [6, 6.07) is 3.57. The van der Waals surface area contributed by atoms with Gasteiger partial charge in [0.1, 0.15) is 0 Å². The van der Waals surface area contributed by atoms with E-state index in [1.807, 2.05) is 6.07 Å². The fourth-order valence-electron chi connectivity index (χ4n) is 1.84. The van der Waals surface area contributed by atoms with Gasteiger partial charge < -0.3 is 9.84 Å². The van der Waals surface area contributed by atoms with E-state index in [0.717, 1.165) is 24.0 Å². The third kappa shape index (κ3) is 1.57. The lowest BCUT2D eigenvalue weighted by Gasteiger charge is -2.13. The van der Waals surface area contributed by atoms with Gasteiger partial charge in [0.2, 0.25) is 6.08 Å². The van der Waals surface area contributed by atoms with E-state index in [-0.39, 0.29) is 5.75 Å². The molecular weight excluding hydrogens is 206 g/mol. The second kappa shape index (κ2) is 3.65.